The zero-order valence-electron chi connectivity index (χ0n) is 8.73. The number of aromatic nitrogens is 4. The largest absolute Gasteiger partial charge is 0.362 e. The van der Waals surface area contributed by atoms with Crippen molar-refractivity contribution in [2.24, 2.45) is 0 Å². The Balaban J connectivity index is 2.16. The third-order valence-corrected chi connectivity index (χ3v) is 2.16. The summed E-state index contributed by atoms with van der Waals surface area (Å²) in [4.78, 5) is 8.08. The highest BCUT2D eigenvalue weighted by atomic mass is 15.2. The standard InChI is InChI=1S/C10H10N6/c1-7-2-3-12-10(8(7)4-11)13-5-9-14-6-15-16-9/h2-3,6H,5H2,1H3,(H,12,13)(H,14,15,16). The molecule has 6 heteroatoms. The molecule has 2 aromatic heterocycles. The Morgan fingerprint density at radius 3 is 3.06 bits per heavy atom. The zero-order chi connectivity index (χ0) is 11.4. The van der Waals surface area contributed by atoms with E-state index in [2.05, 4.69) is 31.6 Å². The highest BCUT2D eigenvalue weighted by Crippen LogP contribution is 2.15. The van der Waals surface area contributed by atoms with E-state index < -0.39 is 0 Å². The fourth-order valence-electron chi connectivity index (χ4n) is 1.32. The first-order valence-corrected chi connectivity index (χ1v) is 4.75. The Morgan fingerprint density at radius 1 is 1.50 bits per heavy atom. The van der Waals surface area contributed by atoms with E-state index in [4.69, 9.17) is 5.26 Å². The van der Waals surface area contributed by atoms with Crippen molar-refractivity contribution in [3.8, 4) is 6.07 Å². The van der Waals surface area contributed by atoms with Gasteiger partial charge in [-0.3, -0.25) is 5.10 Å². The van der Waals surface area contributed by atoms with Crippen molar-refractivity contribution in [3.63, 3.8) is 0 Å². The van der Waals surface area contributed by atoms with E-state index in [1.165, 1.54) is 6.33 Å². The number of aromatic amines is 1. The van der Waals surface area contributed by atoms with Crippen LogP contribution in [0.5, 0.6) is 0 Å². The van der Waals surface area contributed by atoms with Crippen LogP contribution in [-0.2, 0) is 6.54 Å². The molecule has 0 aliphatic carbocycles. The Bertz CT molecular complexity index is 511. The summed E-state index contributed by atoms with van der Waals surface area (Å²) in [6, 6.07) is 3.93. The molecule has 0 spiro atoms. The van der Waals surface area contributed by atoms with Gasteiger partial charge in [0.1, 0.15) is 24.0 Å². The van der Waals surface area contributed by atoms with Crippen LogP contribution in [0.1, 0.15) is 17.0 Å². The first-order valence-electron chi connectivity index (χ1n) is 4.75. The third kappa shape index (κ3) is 1.98. The van der Waals surface area contributed by atoms with Crippen LogP contribution in [0.4, 0.5) is 5.82 Å². The van der Waals surface area contributed by atoms with Crippen molar-refractivity contribution in [3.05, 3.63) is 35.5 Å². The lowest BCUT2D eigenvalue weighted by atomic mass is 10.1. The number of nitrogens with zero attached hydrogens (tertiary/aromatic N) is 4. The molecule has 2 heterocycles. The van der Waals surface area contributed by atoms with Gasteiger partial charge in [0.2, 0.25) is 0 Å². The van der Waals surface area contributed by atoms with Gasteiger partial charge in [0.15, 0.2) is 0 Å². The van der Waals surface area contributed by atoms with Gasteiger partial charge in [-0.05, 0) is 18.6 Å². The smallest absolute Gasteiger partial charge is 0.144 e. The number of hydrogen-bond acceptors (Lipinski definition) is 5. The summed E-state index contributed by atoms with van der Waals surface area (Å²) in [6.07, 6.45) is 3.10. The summed E-state index contributed by atoms with van der Waals surface area (Å²) in [7, 11) is 0. The van der Waals surface area contributed by atoms with Crippen LogP contribution < -0.4 is 5.32 Å². The minimum absolute atomic E-state index is 0.463. The second-order valence-electron chi connectivity index (χ2n) is 3.25. The van der Waals surface area contributed by atoms with E-state index in [9.17, 15) is 0 Å². The van der Waals surface area contributed by atoms with Gasteiger partial charge in [0.05, 0.1) is 12.1 Å². The Kier molecular flexibility index (Phi) is 2.78. The summed E-state index contributed by atoms with van der Waals surface area (Å²) in [5.74, 6) is 1.27. The Morgan fingerprint density at radius 2 is 2.38 bits per heavy atom. The van der Waals surface area contributed by atoms with Crippen molar-refractivity contribution in [1.82, 2.24) is 20.2 Å². The average molecular weight is 214 g/mol. The van der Waals surface area contributed by atoms with Gasteiger partial charge < -0.3 is 5.32 Å². The van der Waals surface area contributed by atoms with Crippen LogP contribution in [0.25, 0.3) is 0 Å². The van der Waals surface area contributed by atoms with E-state index in [1.54, 1.807) is 12.3 Å². The third-order valence-electron chi connectivity index (χ3n) is 2.16. The number of aryl methyl sites for hydroxylation is 1. The predicted molar refractivity (Wildman–Crippen MR) is 57.4 cm³/mol. The van der Waals surface area contributed by atoms with E-state index >= 15 is 0 Å². The topological polar surface area (TPSA) is 90.3 Å². The van der Waals surface area contributed by atoms with Crippen LogP contribution in [0.2, 0.25) is 0 Å². The monoisotopic (exact) mass is 214 g/mol. The molecule has 16 heavy (non-hydrogen) atoms. The van der Waals surface area contributed by atoms with Crippen molar-refractivity contribution in [2.75, 3.05) is 5.32 Å². The summed E-state index contributed by atoms with van der Waals surface area (Å²) < 4.78 is 0. The van der Waals surface area contributed by atoms with Gasteiger partial charge in [-0.1, -0.05) is 0 Å². The first kappa shape index (κ1) is 10.1. The molecule has 2 rings (SSSR count). The Labute approximate surface area is 92.4 Å². The lowest BCUT2D eigenvalue weighted by molar-refractivity contribution is 0.946. The van der Waals surface area contributed by atoms with Crippen LogP contribution in [0, 0.1) is 18.3 Å². The molecule has 0 fully saturated rings. The molecule has 0 aromatic carbocycles. The SMILES string of the molecule is Cc1ccnc(NCc2ncn[nH]2)c1C#N. The molecule has 0 atom stereocenters. The predicted octanol–water partition coefficient (Wildman–Crippen LogP) is 0.992. The second kappa shape index (κ2) is 4.40. The summed E-state index contributed by atoms with van der Waals surface area (Å²) in [6.45, 7) is 2.34. The molecule has 2 aromatic rings. The maximum Gasteiger partial charge on any atom is 0.144 e. The van der Waals surface area contributed by atoms with E-state index in [0.29, 0.717) is 23.8 Å². The first-order chi connectivity index (χ1) is 7.81. The highest BCUT2D eigenvalue weighted by molar-refractivity contribution is 5.55. The molecular formula is C10H10N6. The van der Waals surface area contributed by atoms with Crippen LogP contribution in [-0.4, -0.2) is 20.2 Å². The molecule has 6 nitrogen and oxygen atoms in total. The quantitative estimate of drug-likeness (QED) is 0.795. The maximum atomic E-state index is 8.99. The van der Waals surface area contributed by atoms with Crippen LogP contribution in [0.15, 0.2) is 18.6 Å². The summed E-state index contributed by atoms with van der Waals surface area (Å²) in [5.41, 5.74) is 1.46. The number of hydrogen-bond donors (Lipinski definition) is 2. The van der Waals surface area contributed by atoms with Gasteiger partial charge in [-0.2, -0.15) is 10.4 Å². The van der Waals surface area contributed by atoms with Gasteiger partial charge >= 0.3 is 0 Å². The van der Waals surface area contributed by atoms with Crippen LogP contribution in [0.3, 0.4) is 0 Å². The van der Waals surface area contributed by atoms with Gasteiger partial charge in [0.25, 0.3) is 0 Å². The molecule has 0 saturated carbocycles. The summed E-state index contributed by atoms with van der Waals surface area (Å²) in [5, 5.41) is 18.5. The van der Waals surface area contributed by atoms with E-state index in [0.717, 1.165) is 5.56 Å². The Hall–Kier alpha value is -2.42. The molecule has 0 aliphatic rings. The molecule has 0 amide bonds. The van der Waals surface area contributed by atoms with Crippen molar-refractivity contribution in [2.45, 2.75) is 13.5 Å². The fraction of sp³-hybridized carbons (Fsp3) is 0.200. The average Bonchev–Trinajstić information content (AvgIpc) is 2.79. The number of pyridine rings is 1. The zero-order valence-corrected chi connectivity index (χ0v) is 8.73. The molecular weight excluding hydrogens is 204 g/mol. The van der Waals surface area contributed by atoms with Crippen LogP contribution >= 0.6 is 0 Å². The molecule has 0 bridgehead atoms. The number of anilines is 1. The normalized spacial score (nSPS) is 9.75. The van der Waals surface area contributed by atoms with Gasteiger partial charge in [-0.25, -0.2) is 9.97 Å². The summed E-state index contributed by atoms with van der Waals surface area (Å²) >= 11 is 0. The lowest BCUT2D eigenvalue weighted by Crippen LogP contribution is -2.05. The molecule has 0 radical (unpaired) electrons. The highest BCUT2D eigenvalue weighted by Gasteiger charge is 2.06. The minimum atomic E-state index is 0.463. The number of rotatable bonds is 3. The fourth-order valence-corrected chi connectivity index (χ4v) is 1.32. The molecule has 0 aliphatic heterocycles. The number of H-pyrrole nitrogens is 1. The maximum absolute atomic E-state index is 8.99. The molecule has 80 valence electrons. The van der Waals surface area contributed by atoms with Crippen molar-refractivity contribution in [1.29, 1.82) is 5.26 Å². The van der Waals surface area contributed by atoms with E-state index in [1.807, 2.05) is 6.92 Å². The van der Waals surface area contributed by atoms with Crippen molar-refractivity contribution >= 4 is 5.82 Å². The van der Waals surface area contributed by atoms with Gasteiger partial charge in [-0.15, -0.1) is 0 Å². The molecule has 0 saturated heterocycles. The number of nitrogens with one attached hydrogen (secondary N) is 2. The second-order valence-corrected chi connectivity index (χ2v) is 3.25. The van der Waals surface area contributed by atoms with Crippen molar-refractivity contribution < 1.29 is 0 Å². The minimum Gasteiger partial charge on any atom is -0.362 e. The molecule has 2 N–H and O–H groups in total. The van der Waals surface area contributed by atoms with E-state index in [-0.39, 0.29) is 0 Å². The lowest BCUT2D eigenvalue weighted by Gasteiger charge is -2.06. The molecule has 0 unspecified atom stereocenters. The van der Waals surface area contributed by atoms with Gasteiger partial charge in [0, 0.05) is 6.20 Å². The number of nitriles is 1.